The number of aliphatic hydroxyl groups is 1. The highest BCUT2D eigenvalue weighted by atomic mass is 35.5. The molecule has 7 heteroatoms. The van der Waals surface area contributed by atoms with Crippen LogP contribution in [-0.4, -0.2) is 33.2 Å². The number of nitrogens with zero attached hydrogens (tertiary/aromatic N) is 2. The van der Waals surface area contributed by atoms with Gasteiger partial charge in [-0.1, -0.05) is 23.7 Å². The predicted molar refractivity (Wildman–Crippen MR) is 117 cm³/mol. The van der Waals surface area contributed by atoms with E-state index < -0.39 is 17.7 Å². The number of likely N-dealkylation sites (tertiary alicyclic amines) is 1. The number of pyridine rings is 1. The van der Waals surface area contributed by atoms with Gasteiger partial charge in [-0.2, -0.15) is 0 Å². The van der Waals surface area contributed by atoms with E-state index in [-0.39, 0.29) is 11.3 Å². The number of amides is 1. The standard InChI is InChI=1S/C23H19ClN2O3S/c1-14-9-13-30-22(14)19-18(20(27)16-6-10-25-11-7-16)21(28)23(29)26(19)12-8-15-2-4-17(24)5-3-15/h2-7,9-11,13,19,27H,8,12H2,1H3/b20-18-. The van der Waals surface area contributed by atoms with Crippen LogP contribution in [0.5, 0.6) is 0 Å². The summed E-state index contributed by atoms with van der Waals surface area (Å²) in [6.07, 6.45) is 3.65. The number of aromatic nitrogens is 1. The van der Waals surface area contributed by atoms with Gasteiger partial charge in [-0.25, -0.2) is 0 Å². The number of carbonyl (C=O) groups excluding carboxylic acids is 2. The van der Waals surface area contributed by atoms with Crippen LogP contribution in [0, 0.1) is 6.92 Å². The molecule has 0 bridgehead atoms. The summed E-state index contributed by atoms with van der Waals surface area (Å²) < 4.78 is 0. The number of aliphatic hydroxyl groups excluding tert-OH is 1. The fourth-order valence-electron chi connectivity index (χ4n) is 3.61. The van der Waals surface area contributed by atoms with Gasteiger partial charge in [0.05, 0.1) is 11.6 Å². The molecule has 1 aromatic carbocycles. The van der Waals surface area contributed by atoms with Crippen LogP contribution in [0.1, 0.15) is 27.6 Å². The number of thiophene rings is 1. The van der Waals surface area contributed by atoms with E-state index in [1.807, 2.05) is 30.5 Å². The number of carbonyl (C=O) groups is 2. The molecular weight excluding hydrogens is 420 g/mol. The Morgan fingerprint density at radius 1 is 1.13 bits per heavy atom. The quantitative estimate of drug-likeness (QED) is 0.354. The molecule has 152 valence electrons. The first kappa shape index (κ1) is 20.3. The van der Waals surface area contributed by atoms with Crippen LogP contribution >= 0.6 is 22.9 Å². The SMILES string of the molecule is Cc1ccsc1C1/C(=C(/O)c2ccncc2)C(=O)C(=O)N1CCc1ccc(Cl)cc1. The van der Waals surface area contributed by atoms with Crippen molar-refractivity contribution in [1.29, 1.82) is 0 Å². The maximum atomic E-state index is 13.0. The Hall–Kier alpha value is -2.96. The molecule has 1 atom stereocenters. The molecule has 0 radical (unpaired) electrons. The second kappa shape index (κ2) is 8.42. The van der Waals surface area contributed by atoms with Gasteiger partial charge in [-0.15, -0.1) is 11.3 Å². The zero-order chi connectivity index (χ0) is 21.3. The molecule has 1 N–H and O–H groups in total. The summed E-state index contributed by atoms with van der Waals surface area (Å²) in [6.45, 7) is 2.29. The van der Waals surface area contributed by atoms with Gasteiger partial charge in [-0.05, 0) is 60.2 Å². The lowest BCUT2D eigenvalue weighted by molar-refractivity contribution is -0.139. The Kier molecular flexibility index (Phi) is 5.70. The molecule has 5 nitrogen and oxygen atoms in total. The summed E-state index contributed by atoms with van der Waals surface area (Å²) in [7, 11) is 0. The zero-order valence-electron chi connectivity index (χ0n) is 16.2. The fourth-order valence-corrected chi connectivity index (χ4v) is 4.79. The Morgan fingerprint density at radius 2 is 1.83 bits per heavy atom. The number of aryl methyl sites for hydroxylation is 1. The lowest BCUT2D eigenvalue weighted by Gasteiger charge is -2.25. The number of ketones is 1. The molecule has 1 aliphatic heterocycles. The van der Waals surface area contributed by atoms with Gasteiger partial charge in [0.25, 0.3) is 11.7 Å². The molecule has 1 aliphatic rings. The van der Waals surface area contributed by atoms with E-state index in [0.717, 1.165) is 16.0 Å². The molecule has 2 aromatic heterocycles. The molecule has 0 aliphatic carbocycles. The molecular formula is C23H19ClN2O3S. The molecule has 1 unspecified atom stereocenters. The minimum atomic E-state index is -0.668. The van der Waals surface area contributed by atoms with E-state index in [2.05, 4.69) is 4.98 Å². The summed E-state index contributed by atoms with van der Waals surface area (Å²) in [5.74, 6) is -1.45. The summed E-state index contributed by atoms with van der Waals surface area (Å²) in [4.78, 5) is 32.3. The summed E-state index contributed by atoms with van der Waals surface area (Å²) in [6, 6.07) is 12.0. The average Bonchev–Trinajstić information content (AvgIpc) is 3.28. The van der Waals surface area contributed by atoms with E-state index in [0.29, 0.717) is 23.6 Å². The second-order valence-corrected chi connectivity index (χ2v) is 8.46. The Morgan fingerprint density at radius 3 is 2.47 bits per heavy atom. The highest BCUT2D eigenvalue weighted by Gasteiger charge is 2.46. The van der Waals surface area contributed by atoms with Crippen molar-refractivity contribution in [3.05, 3.63) is 92.4 Å². The van der Waals surface area contributed by atoms with Crippen molar-refractivity contribution in [2.24, 2.45) is 0 Å². The number of rotatable bonds is 5. The number of hydrogen-bond donors (Lipinski definition) is 1. The monoisotopic (exact) mass is 438 g/mol. The normalized spacial score (nSPS) is 18.2. The van der Waals surface area contributed by atoms with Crippen LogP contribution in [0.2, 0.25) is 5.02 Å². The molecule has 0 spiro atoms. The van der Waals surface area contributed by atoms with E-state index in [9.17, 15) is 14.7 Å². The largest absolute Gasteiger partial charge is 0.507 e. The topological polar surface area (TPSA) is 70.5 Å². The van der Waals surface area contributed by atoms with E-state index in [4.69, 9.17) is 11.6 Å². The smallest absolute Gasteiger partial charge is 0.295 e. The van der Waals surface area contributed by atoms with Crippen LogP contribution in [0.25, 0.3) is 5.76 Å². The number of hydrogen-bond acceptors (Lipinski definition) is 5. The summed E-state index contributed by atoms with van der Waals surface area (Å²) >= 11 is 7.43. The van der Waals surface area contributed by atoms with Crippen LogP contribution in [0.4, 0.5) is 0 Å². The molecule has 3 heterocycles. The van der Waals surface area contributed by atoms with E-state index in [1.165, 1.54) is 23.7 Å². The van der Waals surface area contributed by atoms with Crippen molar-refractivity contribution < 1.29 is 14.7 Å². The first-order valence-electron chi connectivity index (χ1n) is 9.44. The maximum absolute atomic E-state index is 13.0. The number of halogens is 1. The molecule has 30 heavy (non-hydrogen) atoms. The van der Waals surface area contributed by atoms with Crippen LogP contribution in [0.3, 0.4) is 0 Å². The first-order chi connectivity index (χ1) is 14.5. The predicted octanol–water partition coefficient (Wildman–Crippen LogP) is 4.77. The third-order valence-corrected chi connectivity index (χ3v) is 6.52. The van der Waals surface area contributed by atoms with Gasteiger partial charge in [0.15, 0.2) is 0 Å². The van der Waals surface area contributed by atoms with Crippen LogP contribution in [-0.2, 0) is 16.0 Å². The molecule has 1 saturated heterocycles. The lowest BCUT2D eigenvalue weighted by atomic mass is 9.98. The maximum Gasteiger partial charge on any atom is 0.295 e. The highest BCUT2D eigenvalue weighted by molar-refractivity contribution is 7.10. The fraction of sp³-hybridized carbons (Fsp3) is 0.174. The average molecular weight is 439 g/mol. The highest BCUT2D eigenvalue weighted by Crippen LogP contribution is 2.42. The Bertz CT molecular complexity index is 1120. The number of benzene rings is 1. The van der Waals surface area contributed by atoms with Gasteiger partial charge in [-0.3, -0.25) is 14.6 Å². The minimum absolute atomic E-state index is 0.118. The van der Waals surface area contributed by atoms with Crippen LogP contribution in [0.15, 0.2) is 65.8 Å². The second-order valence-electron chi connectivity index (χ2n) is 7.07. The Balaban J connectivity index is 1.75. The Labute approximate surface area is 183 Å². The molecule has 3 aromatic rings. The minimum Gasteiger partial charge on any atom is -0.507 e. The lowest BCUT2D eigenvalue weighted by Crippen LogP contribution is -2.31. The summed E-state index contributed by atoms with van der Waals surface area (Å²) in [5, 5.41) is 13.5. The number of Topliss-reactive ketones (excluding diaryl/α,β-unsaturated/α-hetero) is 1. The molecule has 1 fully saturated rings. The van der Waals surface area contributed by atoms with Crippen molar-refractivity contribution >= 4 is 40.4 Å². The van der Waals surface area contributed by atoms with Crippen molar-refractivity contribution in [3.63, 3.8) is 0 Å². The van der Waals surface area contributed by atoms with Crippen molar-refractivity contribution in [3.8, 4) is 0 Å². The zero-order valence-corrected chi connectivity index (χ0v) is 17.8. The molecule has 0 saturated carbocycles. The van der Waals surface area contributed by atoms with Gasteiger partial charge in [0, 0.05) is 34.4 Å². The van der Waals surface area contributed by atoms with Gasteiger partial charge in [0.2, 0.25) is 0 Å². The third-order valence-electron chi connectivity index (χ3n) is 5.20. The van der Waals surface area contributed by atoms with Crippen molar-refractivity contribution in [2.75, 3.05) is 6.54 Å². The molecule has 1 amide bonds. The van der Waals surface area contributed by atoms with Gasteiger partial charge >= 0.3 is 0 Å². The van der Waals surface area contributed by atoms with Crippen LogP contribution < -0.4 is 0 Å². The molecule has 4 rings (SSSR count). The van der Waals surface area contributed by atoms with Crippen molar-refractivity contribution in [2.45, 2.75) is 19.4 Å². The van der Waals surface area contributed by atoms with Crippen molar-refractivity contribution in [1.82, 2.24) is 9.88 Å². The first-order valence-corrected chi connectivity index (χ1v) is 10.7. The van der Waals surface area contributed by atoms with E-state index >= 15 is 0 Å². The van der Waals surface area contributed by atoms with E-state index in [1.54, 1.807) is 29.2 Å². The van der Waals surface area contributed by atoms with Gasteiger partial charge in [0.1, 0.15) is 5.76 Å². The summed E-state index contributed by atoms with van der Waals surface area (Å²) in [5.41, 5.74) is 2.56. The third kappa shape index (κ3) is 3.76. The van der Waals surface area contributed by atoms with Gasteiger partial charge < -0.3 is 10.0 Å².